The van der Waals surface area contributed by atoms with E-state index in [0.717, 1.165) is 9.88 Å². The van der Waals surface area contributed by atoms with Gasteiger partial charge in [-0.3, -0.25) is 19.4 Å². The van der Waals surface area contributed by atoms with Gasteiger partial charge in [0.1, 0.15) is 4.90 Å². The Labute approximate surface area is 173 Å². The third kappa shape index (κ3) is 4.92. The molecule has 1 amide bonds. The second-order valence-electron chi connectivity index (χ2n) is 6.67. The van der Waals surface area contributed by atoms with E-state index in [-0.39, 0.29) is 17.8 Å². The van der Waals surface area contributed by atoms with Crippen LogP contribution in [-0.4, -0.2) is 26.8 Å². The molecular formula is C17H12F8N4O2S. The Kier molecular flexibility index (Phi) is 4.79. The molecule has 0 spiro atoms. The van der Waals surface area contributed by atoms with Crippen LogP contribution < -0.4 is 10.9 Å². The van der Waals surface area contributed by atoms with Crippen LogP contribution in [0.3, 0.4) is 0 Å². The highest BCUT2D eigenvalue weighted by Crippen LogP contribution is 3.02. The smallest absolute Gasteiger partial charge is 0.318 e. The number of hydrogen-bond donors (Lipinski definition) is 2. The van der Waals surface area contributed by atoms with E-state index in [1.54, 1.807) is 18.2 Å². The maximum atomic E-state index is 13.3. The van der Waals surface area contributed by atoms with Crippen molar-refractivity contribution in [3.05, 3.63) is 60.0 Å². The van der Waals surface area contributed by atoms with Crippen LogP contribution in [0.1, 0.15) is 10.4 Å². The van der Waals surface area contributed by atoms with Crippen molar-refractivity contribution < 1.29 is 42.2 Å². The maximum Gasteiger partial charge on any atom is 0.471 e. The first kappa shape index (κ1) is 23.3. The molecular weight excluding hydrogens is 476 g/mol. The number of carbonyl (C=O) groups excluding carboxylic acids is 2. The van der Waals surface area contributed by atoms with Gasteiger partial charge in [-0.15, -0.1) is 0 Å². The highest BCUT2D eigenvalue weighted by Gasteiger charge is 2.65. The molecule has 0 aliphatic rings. The number of hydrogen-bond acceptors (Lipinski definition) is 3. The second-order valence-corrected chi connectivity index (χ2v) is 9.08. The summed E-state index contributed by atoms with van der Waals surface area (Å²) < 4.78 is 106. The number of Topliss-reactive ketones (excluding diaryl/α,β-unsaturated/α-hetero) is 1. The summed E-state index contributed by atoms with van der Waals surface area (Å²) in [4.78, 5) is 20.9. The Morgan fingerprint density at radius 1 is 1.03 bits per heavy atom. The standard InChI is InChI=1S/C17H12F8N4O2S/c18-17(19,20)15(31)27-11-5-10(6-13(7-11)32(21,22,23,24)25)14(30)9-28-8-12-3-1-2-4-29(12)16(28)26/h1-8,26H,9H2,(H,27,31). The van der Waals surface area contributed by atoms with E-state index in [4.69, 9.17) is 5.41 Å². The van der Waals surface area contributed by atoms with E-state index in [9.17, 15) is 42.2 Å². The molecule has 0 saturated heterocycles. The zero-order valence-electron chi connectivity index (χ0n) is 15.5. The number of nitrogens with zero attached hydrogens (tertiary/aromatic N) is 2. The molecule has 1 aromatic carbocycles. The van der Waals surface area contributed by atoms with E-state index >= 15 is 0 Å². The van der Waals surface area contributed by atoms with E-state index < -0.39 is 50.8 Å². The maximum absolute atomic E-state index is 13.3. The van der Waals surface area contributed by atoms with E-state index in [2.05, 4.69) is 0 Å². The molecule has 3 aromatic rings. The van der Waals surface area contributed by atoms with Crippen molar-refractivity contribution >= 4 is 33.1 Å². The summed E-state index contributed by atoms with van der Waals surface area (Å²) in [5.74, 6) is -3.93. The minimum absolute atomic E-state index is 0.201. The van der Waals surface area contributed by atoms with Gasteiger partial charge < -0.3 is 9.88 Å². The number of ketones is 1. The molecule has 32 heavy (non-hydrogen) atoms. The van der Waals surface area contributed by atoms with Crippen molar-refractivity contribution in [1.29, 1.82) is 5.41 Å². The molecule has 0 unspecified atom stereocenters. The van der Waals surface area contributed by atoms with Crippen LogP contribution in [0.15, 0.2) is 53.7 Å². The van der Waals surface area contributed by atoms with Crippen LogP contribution in [0, 0.1) is 5.41 Å². The molecule has 0 atom stereocenters. The van der Waals surface area contributed by atoms with Crippen LogP contribution in [0.2, 0.25) is 0 Å². The van der Waals surface area contributed by atoms with Gasteiger partial charge in [0.25, 0.3) is 0 Å². The summed E-state index contributed by atoms with van der Waals surface area (Å²) in [6.45, 7) is -0.781. The monoisotopic (exact) mass is 488 g/mol. The van der Waals surface area contributed by atoms with Gasteiger partial charge in [0.15, 0.2) is 5.78 Å². The van der Waals surface area contributed by atoms with Crippen LogP contribution >= 0.6 is 10.2 Å². The highest BCUT2D eigenvalue weighted by atomic mass is 32.5. The predicted molar refractivity (Wildman–Crippen MR) is 98.1 cm³/mol. The second kappa shape index (κ2) is 6.57. The molecule has 6 nitrogen and oxygen atoms in total. The average Bonchev–Trinajstić information content (AvgIpc) is 2.95. The molecule has 15 heteroatoms. The van der Waals surface area contributed by atoms with Gasteiger partial charge in [0.2, 0.25) is 5.62 Å². The third-order valence-corrected chi connectivity index (χ3v) is 5.31. The fourth-order valence-corrected chi connectivity index (χ4v) is 3.44. The summed E-state index contributed by atoms with van der Waals surface area (Å²) in [5, 5.41) is 9.02. The third-order valence-electron chi connectivity index (χ3n) is 4.18. The largest absolute Gasteiger partial charge is 0.471 e. The molecule has 0 radical (unpaired) electrons. The molecule has 2 heterocycles. The van der Waals surface area contributed by atoms with Crippen molar-refractivity contribution in [1.82, 2.24) is 8.97 Å². The summed E-state index contributed by atoms with van der Waals surface area (Å²) in [6, 6.07) is 4.56. The molecule has 0 aliphatic heterocycles. The number of imidazole rings is 1. The normalized spacial score (nSPS) is 14.6. The summed E-state index contributed by atoms with van der Waals surface area (Å²) >= 11 is 0. The number of amides is 1. The van der Waals surface area contributed by atoms with Gasteiger partial charge in [0, 0.05) is 23.6 Å². The fourth-order valence-electron chi connectivity index (χ4n) is 2.74. The average molecular weight is 488 g/mol. The lowest BCUT2D eigenvalue weighted by molar-refractivity contribution is -0.167. The molecule has 2 aromatic heterocycles. The molecule has 2 N–H and O–H groups in total. The minimum atomic E-state index is -10.4. The zero-order valence-corrected chi connectivity index (χ0v) is 16.3. The number of pyridine rings is 1. The zero-order chi connectivity index (χ0) is 24.2. The van der Waals surface area contributed by atoms with Gasteiger partial charge in [-0.1, -0.05) is 25.5 Å². The first-order valence-electron chi connectivity index (χ1n) is 8.37. The number of alkyl halides is 3. The van der Waals surface area contributed by atoms with Crippen molar-refractivity contribution in [2.24, 2.45) is 0 Å². The Bertz CT molecular complexity index is 1310. The molecule has 0 aliphatic carbocycles. The quantitative estimate of drug-likeness (QED) is 0.380. The fraction of sp³-hybridized carbons (Fsp3) is 0.118. The van der Waals surface area contributed by atoms with Gasteiger partial charge >= 0.3 is 22.3 Å². The number of fused-ring (bicyclic) bond motifs is 1. The number of carbonyl (C=O) groups is 2. The molecule has 0 fully saturated rings. The van der Waals surface area contributed by atoms with Gasteiger partial charge in [-0.2, -0.15) is 13.2 Å². The molecule has 0 saturated carbocycles. The van der Waals surface area contributed by atoms with E-state index in [0.29, 0.717) is 11.6 Å². The molecule has 3 rings (SSSR count). The van der Waals surface area contributed by atoms with Crippen LogP contribution in [0.5, 0.6) is 0 Å². The lowest BCUT2D eigenvalue weighted by atomic mass is 10.1. The Hall–Kier alpha value is -3.36. The first-order chi connectivity index (χ1) is 14.3. The predicted octanol–water partition coefficient (Wildman–Crippen LogP) is 5.26. The Morgan fingerprint density at radius 3 is 2.25 bits per heavy atom. The van der Waals surface area contributed by atoms with Crippen LogP contribution in [0.4, 0.5) is 38.3 Å². The summed E-state index contributed by atoms with van der Waals surface area (Å²) in [6.07, 6.45) is -2.77. The number of halogens is 8. The van der Waals surface area contributed by atoms with Crippen LogP contribution in [0.25, 0.3) is 5.52 Å². The first-order valence-corrected chi connectivity index (χ1v) is 10.3. The number of rotatable bonds is 5. The van der Waals surface area contributed by atoms with Gasteiger partial charge in [-0.25, -0.2) is 0 Å². The Balaban J connectivity index is 2.06. The highest BCUT2D eigenvalue weighted by molar-refractivity contribution is 8.45. The molecule has 0 bridgehead atoms. The minimum Gasteiger partial charge on any atom is -0.318 e. The topological polar surface area (TPSA) is 79.4 Å². The summed E-state index contributed by atoms with van der Waals surface area (Å²) in [7, 11) is -10.4. The van der Waals surface area contributed by atoms with Crippen molar-refractivity contribution in [2.75, 3.05) is 5.32 Å². The van der Waals surface area contributed by atoms with Crippen molar-refractivity contribution in [3.8, 4) is 0 Å². The SMILES string of the molecule is N=c1n(CC(=O)c2cc(NC(=O)C(F)(F)F)cc(S(F)(F)(F)(F)F)c2)cc2ccccn12. The number of anilines is 1. The van der Waals surface area contributed by atoms with Gasteiger partial charge in [0.05, 0.1) is 12.1 Å². The van der Waals surface area contributed by atoms with E-state index in [1.165, 1.54) is 16.8 Å². The lowest BCUT2D eigenvalue weighted by Gasteiger charge is -2.40. The summed E-state index contributed by atoms with van der Waals surface area (Å²) in [5.41, 5.74) is -2.16. The number of benzene rings is 1. The van der Waals surface area contributed by atoms with Gasteiger partial charge in [-0.05, 0) is 30.3 Å². The number of aromatic nitrogens is 2. The molecule has 174 valence electrons. The van der Waals surface area contributed by atoms with Crippen LogP contribution in [-0.2, 0) is 11.3 Å². The van der Waals surface area contributed by atoms with Crippen molar-refractivity contribution in [3.63, 3.8) is 0 Å². The van der Waals surface area contributed by atoms with E-state index in [1.807, 2.05) is 0 Å². The lowest BCUT2D eigenvalue weighted by Crippen LogP contribution is -2.30. The number of nitrogens with one attached hydrogen (secondary N) is 2. The van der Waals surface area contributed by atoms with Crippen molar-refractivity contribution in [2.45, 2.75) is 17.6 Å². The Morgan fingerprint density at radius 2 is 1.69 bits per heavy atom.